The average Bonchev–Trinajstić information content (AvgIpc) is 2.41. The summed E-state index contributed by atoms with van der Waals surface area (Å²) in [4.78, 5) is 23.5. The van der Waals surface area contributed by atoms with E-state index in [2.05, 4.69) is 5.32 Å². The van der Waals surface area contributed by atoms with Crippen LogP contribution >= 0.6 is 0 Å². The van der Waals surface area contributed by atoms with Gasteiger partial charge in [-0.1, -0.05) is 42.5 Å². The number of hydrogen-bond acceptors (Lipinski definition) is 2. The number of hydrogen-bond donors (Lipinski definition) is 2. The molecule has 1 fully saturated rings. The van der Waals surface area contributed by atoms with E-state index < -0.39 is 12.1 Å². The van der Waals surface area contributed by atoms with E-state index in [1.54, 1.807) is 0 Å². The van der Waals surface area contributed by atoms with Crippen LogP contribution < -0.4 is 5.32 Å². The summed E-state index contributed by atoms with van der Waals surface area (Å²) in [5.74, 6) is -0.213. The molecule has 5 heteroatoms. The number of carbonyl (C=O) groups excluding carboxylic acids is 1. The van der Waals surface area contributed by atoms with Gasteiger partial charge >= 0.3 is 6.09 Å². The molecule has 2 rings (SSSR count). The van der Waals surface area contributed by atoms with E-state index in [9.17, 15) is 9.59 Å². The molecule has 0 unspecified atom stereocenters. The Morgan fingerprint density at radius 1 is 1.42 bits per heavy atom. The fourth-order valence-electron chi connectivity index (χ4n) is 1.91. The van der Waals surface area contributed by atoms with E-state index in [1.807, 2.05) is 42.5 Å². The van der Waals surface area contributed by atoms with Gasteiger partial charge in [-0.05, 0) is 12.0 Å². The first kappa shape index (κ1) is 13.1. The molecule has 1 aromatic carbocycles. The first-order valence-electron chi connectivity index (χ1n) is 6.17. The maximum absolute atomic E-state index is 11.2. The first-order valence-corrected chi connectivity index (χ1v) is 6.17. The van der Waals surface area contributed by atoms with Crippen molar-refractivity contribution in [3.05, 3.63) is 42.0 Å². The molecule has 1 aromatic rings. The zero-order valence-electron chi connectivity index (χ0n) is 10.5. The number of β-lactam (4-membered cyclic amide) rings is 1. The summed E-state index contributed by atoms with van der Waals surface area (Å²) < 4.78 is 0. The van der Waals surface area contributed by atoms with Crippen molar-refractivity contribution in [2.24, 2.45) is 0 Å². The Kier molecular flexibility index (Phi) is 4.18. The lowest BCUT2D eigenvalue weighted by Gasteiger charge is -2.34. The Hall–Kier alpha value is -2.30. The summed E-state index contributed by atoms with van der Waals surface area (Å²) in [6.07, 6.45) is 3.40. The monoisotopic (exact) mass is 260 g/mol. The number of carbonyl (C=O) groups is 2. The summed E-state index contributed by atoms with van der Waals surface area (Å²) in [6.45, 7) is 0.740. The Balaban J connectivity index is 1.84. The van der Waals surface area contributed by atoms with E-state index in [0.29, 0.717) is 19.5 Å². The van der Waals surface area contributed by atoms with Gasteiger partial charge in [0.2, 0.25) is 5.91 Å². The number of nitrogens with zero attached hydrogens (tertiary/aromatic N) is 1. The molecule has 0 bridgehead atoms. The summed E-state index contributed by atoms with van der Waals surface area (Å²) >= 11 is 0. The van der Waals surface area contributed by atoms with Crippen LogP contribution in [0.3, 0.4) is 0 Å². The van der Waals surface area contributed by atoms with Gasteiger partial charge in [-0.25, -0.2) is 4.79 Å². The Bertz CT molecular complexity index is 485. The molecule has 1 saturated heterocycles. The molecular formula is C14H16N2O3. The Morgan fingerprint density at radius 2 is 2.16 bits per heavy atom. The van der Waals surface area contributed by atoms with Crippen LogP contribution in [0.4, 0.5) is 4.79 Å². The molecule has 1 aliphatic rings. The highest BCUT2D eigenvalue weighted by atomic mass is 16.4. The Labute approximate surface area is 111 Å². The topological polar surface area (TPSA) is 69.6 Å². The fraction of sp³-hybridized carbons (Fsp3) is 0.286. The van der Waals surface area contributed by atoms with Crippen LogP contribution in [0, 0.1) is 0 Å². The quantitative estimate of drug-likeness (QED) is 0.789. The summed E-state index contributed by atoms with van der Waals surface area (Å²) in [5.41, 5.74) is 1.07. The van der Waals surface area contributed by atoms with Gasteiger partial charge in [0, 0.05) is 13.1 Å². The molecule has 2 N–H and O–H groups in total. The number of nitrogens with one attached hydrogen (secondary N) is 1. The van der Waals surface area contributed by atoms with Crippen molar-refractivity contribution in [2.75, 3.05) is 13.1 Å². The molecule has 0 aliphatic carbocycles. The predicted octanol–water partition coefficient (Wildman–Crippen LogP) is 1.57. The fourth-order valence-corrected chi connectivity index (χ4v) is 1.91. The second-order valence-corrected chi connectivity index (χ2v) is 4.34. The highest BCUT2D eigenvalue weighted by Crippen LogP contribution is 2.09. The molecule has 0 aromatic heterocycles. The van der Waals surface area contributed by atoms with Crippen LogP contribution in [0.25, 0.3) is 6.08 Å². The molecule has 2 amide bonds. The van der Waals surface area contributed by atoms with Crippen molar-refractivity contribution in [1.29, 1.82) is 0 Å². The van der Waals surface area contributed by atoms with E-state index in [0.717, 1.165) is 5.56 Å². The maximum atomic E-state index is 11.2. The minimum atomic E-state index is -1.05. The number of amides is 2. The van der Waals surface area contributed by atoms with Gasteiger partial charge in [0.15, 0.2) is 0 Å². The van der Waals surface area contributed by atoms with Gasteiger partial charge < -0.3 is 10.4 Å². The minimum absolute atomic E-state index is 0.213. The van der Waals surface area contributed by atoms with Crippen LogP contribution in [-0.2, 0) is 4.79 Å². The minimum Gasteiger partial charge on any atom is -0.465 e. The molecule has 0 saturated carbocycles. The van der Waals surface area contributed by atoms with Gasteiger partial charge in [0.1, 0.15) is 6.04 Å². The van der Waals surface area contributed by atoms with E-state index >= 15 is 0 Å². The smallest absolute Gasteiger partial charge is 0.408 e. The lowest BCUT2D eigenvalue weighted by molar-refractivity contribution is -0.132. The van der Waals surface area contributed by atoms with Crippen molar-refractivity contribution >= 4 is 18.1 Å². The van der Waals surface area contributed by atoms with Crippen molar-refractivity contribution in [3.8, 4) is 0 Å². The molecule has 19 heavy (non-hydrogen) atoms. The lowest BCUT2D eigenvalue weighted by atomic mass is 10.1. The van der Waals surface area contributed by atoms with Gasteiger partial charge in [0.05, 0.1) is 0 Å². The predicted molar refractivity (Wildman–Crippen MR) is 71.6 cm³/mol. The number of rotatable bonds is 5. The third-order valence-corrected chi connectivity index (χ3v) is 3.04. The summed E-state index contributed by atoms with van der Waals surface area (Å²) in [7, 11) is 0. The third-order valence-electron chi connectivity index (χ3n) is 3.04. The molecule has 0 radical (unpaired) electrons. The molecule has 1 atom stereocenters. The van der Waals surface area contributed by atoms with Gasteiger partial charge in [-0.15, -0.1) is 0 Å². The molecular weight excluding hydrogens is 244 g/mol. The zero-order valence-corrected chi connectivity index (χ0v) is 10.5. The van der Waals surface area contributed by atoms with Crippen LogP contribution in [0.1, 0.15) is 12.0 Å². The van der Waals surface area contributed by atoms with E-state index in [-0.39, 0.29) is 5.91 Å². The molecule has 5 nitrogen and oxygen atoms in total. The Morgan fingerprint density at radius 3 is 2.68 bits per heavy atom. The second kappa shape index (κ2) is 6.04. The van der Waals surface area contributed by atoms with Crippen molar-refractivity contribution < 1.29 is 14.7 Å². The average molecular weight is 260 g/mol. The van der Waals surface area contributed by atoms with Gasteiger partial charge in [-0.2, -0.15) is 0 Å². The number of benzene rings is 1. The van der Waals surface area contributed by atoms with Crippen molar-refractivity contribution in [1.82, 2.24) is 10.2 Å². The van der Waals surface area contributed by atoms with Crippen LogP contribution in [0.15, 0.2) is 36.4 Å². The van der Waals surface area contributed by atoms with Crippen LogP contribution in [0.2, 0.25) is 0 Å². The molecule has 0 spiro atoms. The highest BCUT2D eigenvalue weighted by molar-refractivity contribution is 5.90. The zero-order chi connectivity index (χ0) is 13.7. The van der Waals surface area contributed by atoms with Crippen molar-refractivity contribution in [3.63, 3.8) is 0 Å². The second-order valence-electron chi connectivity index (χ2n) is 4.34. The lowest BCUT2D eigenvalue weighted by Crippen LogP contribution is -2.63. The van der Waals surface area contributed by atoms with Crippen molar-refractivity contribution in [2.45, 2.75) is 12.5 Å². The SMILES string of the molecule is O=C1NC[C@@H]1N(CCC=Cc1ccccc1)C(=O)O. The molecule has 1 aliphatic heterocycles. The van der Waals surface area contributed by atoms with Crippen LogP contribution in [-0.4, -0.2) is 41.1 Å². The molecule has 1 heterocycles. The largest absolute Gasteiger partial charge is 0.465 e. The third kappa shape index (κ3) is 3.34. The highest BCUT2D eigenvalue weighted by Gasteiger charge is 2.35. The summed E-state index contributed by atoms with van der Waals surface area (Å²) in [6, 6.07) is 9.26. The number of carboxylic acid groups (broad SMARTS) is 1. The first-order chi connectivity index (χ1) is 9.18. The van der Waals surface area contributed by atoms with Gasteiger partial charge in [0.25, 0.3) is 0 Å². The maximum Gasteiger partial charge on any atom is 0.408 e. The molecule has 100 valence electrons. The van der Waals surface area contributed by atoms with Gasteiger partial charge in [-0.3, -0.25) is 9.69 Å². The van der Waals surface area contributed by atoms with Crippen LogP contribution in [0.5, 0.6) is 0 Å². The van der Waals surface area contributed by atoms with E-state index in [4.69, 9.17) is 5.11 Å². The van der Waals surface area contributed by atoms with E-state index in [1.165, 1.54) is 4.90 Å². The normalized spacial score (nSPS) is 17.9. The standard InChI is InChI=1S/C14H16N2O3/c17-13-12(10-15-13)16(14(18)19)9-5-4-8-11-6-2-1-3-7-11/h1-4,6-8,12H,5,9-10H2,(H,15,17)(H,18,19)/t12-/m0/s1. The summed E-state index contributed by atoms with van der Waals surface area (Å²) in [5, 5.41) is 11.6.